The van der Waals surface area contributed by atoms with E-state index in [9.17, 15) is 47.0 Å². The van der Waals surface area contributed by atoms with E-state index in [1.165, 1.54) is 32.7 Å². The summed E-state index contributed by atoms with van der Waals surface area (Å²) in [6, 6.07) is 19.5. The molecule has 4 heterocycles. The van der Waals surface area contributed by atoms with Gasteiger partial charge in [-0.3, -0.25) is 18.9 Å². The smallest absolute Gasteiger partial charge is 0.467 e. The Labute approximate surface area is 424 Å². The molecule has 4 aliphatic rings. The highest BCUT2D eigenvalue weighted by atomic mass is 79.9. The standard InChI is InChI=1S/C14H16BrNO4.C14H14BrNO3.C14H16BrNO3.C3H8.CHF3O3S/c1-20-14(19)11-6-7-12(17)16(11)13(18)8-9-2-4-10(15)5-3-9;1-19-14(18)12-5-4-11-10-7-9(15)3-2-8(10)6-13(17)16(11)12;1-19-14(18)12-3-2-8-16(12)13(17)9-10-4-6-11(15)7-5-10;1-3-2;2-1(3,4)8(5,6)7/h2-5,11-12,17H,6-8H2,1H3;2-3,7,11-12H,4-6H2,1H3;4-7,12H,2-3,8-9H2,1H3;3H2,1-2H3;(H,5,6,7)/t11-,12?;11?,12-;12-;;/m000../s1. The number of aliphatic hydroxyl groups is 1. The van der Waals surface area contributed by atoms with Crippen LogP contribution in [-0.2, 0) is 72.4 Å². The molecule has 4 aliphatic heterocycles. The van der Waals surface area contributed by atoms with Crippen molar-refractivity contribution in [2.45, 2.75) is 114 Å². The van der Waals surface area contributed by atoms with Crippen molar-refractivity contribution >= 4 is 93.5 Å². The van der Waals surface area contributed by atoms with Crippen LogP contribution in [0.3, 0.4) is 0 Å². The zero-order valence-corrected chi connectivity index (χ0v) is 44.0. The molecule has 3 saturated heterocycles. The number of carbonyl (C=O) groups excluding carboxylic acids is 6. The third-order valence-corrected chi connectivity index (χ3v) is 13.1. The number of hydrogen-bond acceptors (Lipinski definition) is 12. The summed E-state index contributed by atoms with van der Waals surface area (Å²) >= 11 is 10.2. The first kappa shape index (κ1) is 58.9. The van der Waals surface area contributed by atoms with Crippen LogP contribution in [-0.4, -0.2) is 126 Å². The van der Waals surface area contributed by atoms with E-state index in [1.54, 1.807) is 9.80 Å². The number of benzene rings is 3. The summed E-state index contributed by atoms with van der Waals surface area (Å²) in [5, 5.41) is 9.89. The first-order valence-electron chi connectivity index (χ1n) is 21.6. The maximum atomic E-state index is 12.3. The molecule has 0 aromatic heterocycles. The summed E-state index contributed by atoms with van der Waals surface area (Å²) in [5.41, 5.74) is -1.53. The average molecular weight is 1190 g/mol. The van der Waals surface area contributed by atoms with E-state index < -0.39 is 45.9 Å². The lowest BCUT2D eigenvalue weighted by Gasteiger charge is -2.34. The lowest BCUT2D eigenvalue weighted by molar-refractivity contribution is -0.156. The predicted molar refractivity (Wildman–Crippen MR) is 256 cm³/mol. The van der Waals surface area contributed by atoms with Gasteiger partial charge in [-0.05, 0) is 97.2 Å². The van der Waals surface area contributed by atoms with Gasteiger partial charge in [0, 0.05) is 20.0 Å². The lowest BCUT2D eigenvalue weighted by atomic mass is 9.92. The van der Waals surface area contributed by atoms with E-state index in [-0.39, 0.29) is 42.1 Å². The predicted octanol–water partition coefficient (Wildman–Crippen LogP) is 7.65. The molecule has 3 aromatic carbocycles. The Hall–Kier alpha value is -4.42. The number of likely N-dealkylation sites (tertiary alicyclic amines) is 2. The van der Waals surface area contributed by atoms with Crippen LogP contribution in [0.1, 0.15) is 87.1 Å². The van der Waals surface area contributed by atoms with Crippen molar-refractivity contribution in [2.24, 2.45) is 0 Å². The molecule has 0 radical (unpaired) electrons. The normalized spacial score (nSPS) is 20.2. The number of rotatable bonds is 7. The van der Waals surface area contributed by atoms with Gasteiger partial charge in [-0.2, -0.15) is 21.6 Å². The minimum absolute atomic E-state index is 0.0119. The second-order valence-electron chi connectivity index (χ2n) is 15.9. The summed E-state index contributed by atoms with van der Waals surface area (Å²) in [6.45, 7) is 4.88. The number of esters is 3. The summed E-state index contributed by atoms with van der Waals surface area (Å²) in [6.07, 6.45) is 5.04. The van der Waals surface area contributed by atoms with Gasteiger partial charge in [-0.25, -0.2) is 14.4 Å². The Morgan fingerprint density at radius 1 is 0.696 bits per heavy atom. The molecule has 5 atom stereocenters. The van der Waals surface area contributed by atoms with E-state index in [0.29, 0.717) is 45.1 Å². The molecule has 2 unspecified atom stereocenters. The molecule has 0 aliphatic carbocycles. The first-order valence-corrected chi connectivity index (χ1v) is 25.4. The average Bonchev–Trinajstić information content (AvgIpc) is 4.07. The first-order chi connectivity index (χ1) is 32.4. The van der Waals surface area contributed by atoms with E-state index in [2.05, 4.69) is 72.4 Å². The maximum Gasteiger partial charge on any atom is 0.522 e. The van der Waals surface area contributed by atoms with Gasteiger partial charge in [-0.1, -0.05) is 98.4 Å². The highest BCUT2D eigenvalue weighted by molar-refractivity contribution is 9.11. The molecular weight excluding hydrogens is 1130 g/mol. The van der Waals surface area contributed by atoms with Crippen LogP contribution in [0.2, 0.25) is 0 Å². The number of amides is 3. The van der Waals surface area contributed by atoms with E-state index >= 15 is 0 Å². The van der Waals surface area contributed by atoms with Crippen LogP contribution in [0.4, 0.5) is 13.2 Å². The van der Waals surface area contributed by atoms with Crippen LogP contribution in [0.15, 0.2) is 80.1 Å². The van der Waals surface area contributed by atoms with Gasteiger partial charge >= 0.3 is 33.5 Å². The van der Waals surface area contributed by atoms with Gasteiger partial charge in [0.1, 0.15) is 24.4 Å². The SMILES string of the molecule is CCC.COC(=O)[C@@H]1CCC(O)N1C(=O)Cc1ccc(Br)cc1.COC(=O)[C@@H]1CCC2c3cc(Br)ccc3CC(=O)N21.COC(=O)[C@@H]1CCCN1C(=O)Cc1ccc(Br)cc1.O=S(=O)(O)C(F)(F)F. The molecule has 0 spiro atoms. The van der Waals surface area contributed by atoms with Gasteiger partial charge in [0.05, 0.1) is 46.6 Å². The second-order valence-corrected chi connectivity index (χ2v) is 20.0. The van der Waals surface area contributed by atoms with Crippen LogP contribution in [0, 0.1) is 0 Å². The third-order valence-electron chi connectivity index (χ3n) is 10.9. The molecular formula is C46H55Br3F3N3O13S. The summed E-state index contributed by atoms with van der Waals surface area (Å²) in [7, 11) is -1.83. The third kappa shape index (κ3) is 16.9. The van der Waals surface area contributed by atoms with Crippen LogP contribution >= 0.6 is 47.8 Å². The Bertz CT molecular complexity index is 2360. The summed E-state index contributed by atoms with van der Waals surface area (Å²) in [5.74, 6) is -1.38. The number of fused-ring (bicyclic) bond motifs is 3. The molecule has 23 heteroatoms. The molecule has 7 rings (SSSR count). The van der Waals surface area contributed by atoms with E-state index in [0.717, 1.165) is 48.5 Å². The number of carbonyl (C=O) groups is 6. The monoisotopic (exact) mass is 1180 g/mol. The van der Waals surface area contributed by atoms with E-state index in [4.69, 9.17) is 22.4 Å². The number of aliphatic hydroxyl groups excluding tert-OH is 1. The van der Waals surface area contributed by atoms with E-state index in [1.807, 2.05) is 60.7 Å². The van der Waals surface area contributed by atoms with Crippen molar-refractivity contribution in [3.05, 3.63) is 102 Å². The lowest BCUT2D eigenvalue weighted by Crippen LogP contribution is -2.46. The van der Waals surface area contributed by atoms with Gasteiger partial charge in [0.15, 0.2) is 0 Å². The van der Waals surface area contributed by atoms with Crippen LogP contribution < -0.4 is 0 Å². The van der Waals surface area contributed by atoms with Crippen molar-refractivity contribution in [3.63, 3.8) is 0 Å². The Morgan fingerprint density at radius 3 is 1.64 bits per heavy atom. The number of ether oxygens (including phenoxy) is 3. The number of alkyl halides is 3. The van der Waals surface area contributed by atoms with Crippen LogP contribution in [0.25, 0.3) is 0 Å². The van der Waals surface area contributed by atoms with Gasteiger partial charge < -0.3 is 34.0 Å². The highest BCUT2D eigenvalue weighted by Gasteiger charge is 2.46. The van der Waals surface area contributed by atoms with Crippen molar-refractivity contribution in [1.29, 1.82) is 0 Å². The number of hydrogen-bond donors (Lipinski definition) is 2. The molecule has 2 N–H and O–H groups in total. The molecule has 0 saturated carbocycles. The Kier molecular flexibility index (Phi) is 23.3. The van der Waals surface area contributed by atoms with Gasteiger partial charge in [-0.15, -0.1) is 0 Å². The summed E-state index contributed by atoms with van der Waals surface area (Å²) < 4.78 is 74.7. The topological polar surface area (TPSA) is 214 Å². The molecule has 380 valence electrons. The molecule has 3 aromatic rings. The van der Waals surface area contributed by atoms with Crippen molar-refractivity contribution in [3.8, 4) is 0 Å². The zero-order valence-electron chi connectivity index (χ0n) is 38.4. The van der Waals surface area contributed by atoms with Gasteiger partial charge in [0.25, 0.3) is 0 Å². The second kappa shape index (κ2) is 27.3. The fourth-order valence-electron chi connectivity index (χ4n) is 7.82. The van der Waals surface area contributed by atoms with Crippen molar-refractivity contribution in [2.75, 3.05) is 27.9 Å². The fraction of sp³-hybridized carbons (Fsp3) is 0.478. The molecule has 3 fully saturated rings. The number of halogens is 6. The quantitative estimate of drug-likeness (QED) is 0.101. The minimum atomic E-state index is -5.84. The fourth-order valence-corrected chi connectivity index (χ4v) is 8.72. The molecule has 69 heavy (non-hydrogen) atoms. The highest BCUT2D eigenvalue weighted by Crippen LogP contribution is 2.42. The largest absolute Gasteiger partial charge is 0.522 e. The Morgan fingerprint density at radius 2 is 1.14 bits per heavy atom. The Balaban J connectivity index is 0.000000247. The number of methoxy groups -OCH3 is 3. The van der Waals surface area contributed by atoms with Crippen molar-refractivity contribution in [1.82, 2.24) is 14.7 Å². The maximum absolute atomic E-state index is 12.3. The van der Waals surface area contributed by atoms with Gasteiger partial charge in [0.2, 0.25) is 17.7 Å². The number of nitrogens with zero attached hydrogens (tertiary/aromatic N) is 3. The molecule has 0 bridgehead atoms. The minimum Gasteiger partial charge on any atom is -0.467 e. The van der Waals surface area contributed by atoms with Crippen LogP contribution in [0.5, 0.6) is 0 Å². The zero-order chi connectivity index (χ0) is 51.8. The van der Waals surface area contributed by atoms with Crippen molar-refractivity contribution < 1.29 is 74.2 Å². The molecule has 16 nitrogen and oxygen atoms in total. The molecule has 3 amide bonds. The summed E-state index contributed by atoms with van der Waals surface area (Å²) in [4.78, 5) is 76.4.